The fraction of sp³-hybridized carbons (Fsp3) is 0.217. The largest absolute Gasteiger partial charge is 0.336 e. The summed E-state index contributed by atoms with van der Waals surface area (Å²) in [6.45, 7) is 3.29. The first-order valence-electron chi connectivity index (χ1n) is 9.40. The third-order valence-electron chi connectivity index (χ3n) is 5.54. The van der Waals surface area contributed by atoms with Crippen molar-refractivity contribution in [2.45, 2.75) is 18.9 Å². The average Bonchev–Trinajstić information content (AvgIpc) is 2.99. The van der Waals surface area contributed by atoms with Crippen LogP contribution in [-0.2, 0) is 10.3 Å². The standard InChI is InChI=1S/C23H21N3O.ClH/c1-16(27)25-23(19-12-11-17-7-2-3-8-18(17)15-19)20-9-4-5-10-21(20)26-14-6-13-24-22(23)26;/h2-5,7-12,15H,6,13-14H2,1H3,(H,25,27);1H. The highest BCUT2D eigenvalue weighted by Gasteiger charge is 2.51. The number of carbonyl (C=O) groups is 1. The van der Waals surface area contributed by atoms with Gasteiger partial charge in [-0.05, 0) is 34.9 Å². The molecule has 4 nitrogen and oxygen atoms in total. The zero-order valence-corrected chi connectivity index (χ0v) is 16.5. The zero-order chi connectivity index (χ0) is 18.4. The van der Waals surface area contributed by atoms with Gasteiger partial charge in [-0.15, -0.1) is 12.4 Å². The molecule has 2 aliphatic heterocycles. The van der Waals surface area contributed by atoms with E-state index in [1.165, 1.54) is 5.39 Å². The lowest BCUT2D eigenvalue weighted by Crippen LogP contribution is -2.54. The van der Waals surface area contributed by atoms with Gasteiger partial charge in [0.25, 0.3) is 0 Å². The molecular weight excluding hydrogens is 370 g/mol. The van der Waals surface area contributed by atoms with Crippen LogP contribution in [-0.4, -0.2) is 24.8 Å². The highest BCUT2D eigenvalue weighted by Crippen LogP contribution is 2.46. The number of hydrogen-bond acceptors (Lipinski definition) is 3. The number of nitrogens with one attached hydrogen (secondary N) is 1. The predicted molar refractivity (Wildman–Crippen MR) is 116 cm³/mol. The first-order valence-corrected chi connectivity index (χ1v) is 9.40. The van der Waals surface area contributed by atoms with Crippen molar-refractivity contribution in [3.8, 4) is 0 Å². The SMILES string of the molecule is CC(=O)NC1(c2ccc3ccccc3c2)C2=NCCCN2c2ccccc21.Cl. The van der Waals surface area contributed by atoms with Crippen molar-refractivity contribution in [1.29, 1.82) is 0 Å². The summed E-state index contributed by atoms with van der Waals surface area (Å²) in [5.41, 5.74) is 2.54. The van der Waals surface area contributed by atoms with E-state index in [0.29, 0.717) is 0 Å². The summed E-state index contributed by atoms with van der Waals surface area (Å²) in [6, 6.07) is 23.1. The van der Waals surface area contributed by atoms with Crippen LogP contribution in [0.3, 0.4) is 0 Å². The van der Waals surface area contributed by atoms with Gasteiger partial charge in [0, 0.05) is 31.3 Å². The number of amidine groups is 1. The maximum atomic E-state index is 12.3. The van der Waals surface area contributed by atoms with Gasteiger partial charge in [0.05, 0.1) is 0 Å². The van der Waals surface area contributed by atoms with Crippen LogP contribution in [0.25, 0.3) is 10.8 Å². The fourth-order valence-electron chi connectivity index (χ4n) is 4.47. The Morgan fingerprint density at radius 2 is 1.79 bits per heavy atom. The number of para-hydroxylation sites is 1. The van der Waals surface area contributed by atoms with E-state index in [0.717, 1.165) is 47.5 Å². The van der Waals surface area contributed by atoms with E-state index >= 15 is 0 Å². The molecule has 3 aromatic carbocycles. The van der Waals surface area contributed by atoms with Gasteiger partial charge in [0.15, 0.2) is 5.54 Å². The number of halogens is 1. The summed E-state index contributed by atoms with van der Waals surface area (Å²) < 4.78 is 0. The Morgan fingerprint density at radius 1 is 1.04 bits per heavy atom. The van der Waals surface area contributed by atoms with E-state index < -0.39 is 5.54 Å². The van der Waals surface area contributed by atoms with Gasteiger partial charge in [-0.3, -0.25) is 9.79 Å². The lowest BCUT2D eigenvalue weighted by molar-refractivity contribution is -0.119. The normalized spacial score (nSPS) is 20.0. The number of rotatable bonds is 2. The molecular formula is C23H22ClN3O. The Kier molecular flexibility index (Phi) is 4.60. The highest BCUT2D eigenvalue weighted by molar-refractivity contribution is 6.15. The Balaban J connectivity index is 0.00000192. The van der Waals surface area contributed by atoms with Gasteiger partial charge in [-0.25, -0.2) is 0 Å². The minimum atomic E-state index is -0.743. The molecule has 0 bridgehead atoms. The molecule has 5 rings (SSSR count). The summed E-state index contributed by atoms with van der Waals surface area (Å²) in [5.74, 6) is 0.869. The molecule has 0 saturated carbocycles. The second-order valence-corrected chi connectivity index (χ2v) is 7.22. The molecule has 2 aliphatic rings. The van der Waals surface area contributed by atoms with Crippen molar-refractivity contribution in [2.24, 2.45) is 4.99 Å². The van der Waals surface area contributed by atoms with Gasteiger partial charge >= 0.3 is 0 Å². The number of hydrogen-bond donors (Lipinski definition) is 1. The highest BCUT2D eigenvalue weighted by atomic mass is 35.5. The molecule has 0 spiro atoms. The van der Waals surface area contributed by atoms with E-state index in [9.17, 15) is 4.79 Å². The summed E-state index contributed by atoms with van der Waals surface area (Å²) in [5, 5.41) is 5.63. The third kappa shape index (κ3) is 2.60. The molecule has 3 aromatic rings. The molecule has 0 fully saturated rings. The maximum absolute atomic E-state index is 12.3. The van der Waals surface area contributed by atoms with Crippen LogP contribution in [0.1, 0.15) is 24.5 Å². The first-order chi connectivity index (χ1) is 13.2. The van der Waals surface area contributed by atoms with Gasteiger partial charge in [-0.1, -0.05) is 54.6 Å². The van der Waals surface area contributed by atoms with E-state index in [1.807, 2.05) is 18.2 Å². The molecule has 1 N–H and O–H groups in total. The van der Waals surface area contributed by atoms with Gasteiger partial charge in [0.2, 0.25) is 5.91 Å². The van der Waals surface area contributed by atoms with E-state index in [4.69, 9.17) is 4.99 Å². The third-order valence-corrected chi connectivity index (χ3v) is 5.54. The second kappa shape index (κ2) is 6.95. The number of aliphatic imine (C=N–C) groups is 1. The van der Waals surface area contributed by atoms with Crippen molar-refractivity contribution in [3.63, 3.8) is 0 Å². The van der Waals surface area contributed by atoms with Gasteiger partial charge in [-0.2, -0.15) is 0 Å². The molecule has 1 amide bonds. The van der Waals surface area contributed by atoms with Crippen molar-refractivity contribution in [2.75, 3.05) is 18.0 Å². The summed E-state index contributed by atoms with van der Waals surface area (Å²) >= 11 is 0. The van der Waals surface area contributed by atoms with Crippen LogP contribution >= 0.6 is 12.4 Å². The number of benzene rings is 3. The van der Waals surface area contributed by atoms with Crippen molar-refractivity contribution in [3.05, 3.63) is 77.9 Å². The minimum Gasteiger partial charge on any atom is -0.336 e. The van der Waals surface area contributed by atoms with Crippen LogP contribution in [0.2, 0.25) is 0 Å². The molecule has 5 heteroatoms. The monoisotopic (exact) mass is 391 g/mol. The second-order valence-electron chi connectivity index (χ2n) is 7.22. The lowest BCUT2D eigenvalue weighted by Gasteiger charge is -2.35. The Hall–Kier alpha value is -2.85. The Labute approximate surface area is 170 Å². The summed E-state index contributed by atoms with van der Waals surface area (Å²) in [7, 11) is 0. The predicted octanol–water partition coefficient (Wildman–Crippen LogP) is 4.26. The zero-order valence-electron chi connectivity index (χ0n) is 15.7. The maximum Gasteiger partial charge on any atom is 0.218 e. The number of anilines is 1. The molecule has 1 atom stereocenters. The van der Waals surface area contributed by atoms with E-state index in [1.54, 1.807) is 6.92 Å². The summed E-state index contributed by atoms with van der Waals surface area (Å²) in [4.78, 5) is 19.5. The molecule has 142 valence electrons. The van der Waals surface area contributed by atoms with Crippen molar-refractivity contribution in [1.82, 2.24) is 5.32 Å². The number of fused-ring (bicyclic) bond motifs is 4. The fourth-order valence-corrected chi connectivity index (χ4v) is 4.47. The smallest absolute Gasteiger partial charge is 0.218 e. The Bertz CT molecular complexity index is 1090. The average molecular weight is 392 g/mol. The van der Waals surface area contributed by atoms with Crippen LogP contribution in [0.4, 0.5) is 5.69 Å². The number of amides is 1. The van der Waals surface area contributed by atoms with Crippen LogP contribution in [0.5, 0.6) is 0 Å². The molecule has 0 aliphatic carbocycles. The Morgan fingerprint density at radius 3 is 2.61 bits per heavy atom. The molecule has 1 unspecified atom stereocenters. The van der Waals surface area contributed by atoms with Gasteiger partial charge < -0.3 is 10.2 Å². The lowest BCUT2D eigenvalue weighted by atomic mass is 9.82. The van der Waals surface area contributed by atoms with Crippen molar-refractivity contribution < 1.29 is 4.79 Å². The van der Waals surface area contributed by atoms with Crippen molar-refractivity contribution >= 4 is 40.6 Å². The van der Waals surface area contributed by atoms with Crippen LogP contribution < -0.4 is 10.2 Å². The van der Waals surface area contributed by atoms with Gasteiger partial charge in [0.1, 0.15) is 5.84 Å². The molecule has 2 heterocycles. The van der Waals surface area contributed by atoms with E-state index in [2.05, 4.69) is 58.7 Å². The first kappa shape index (κ1) is 18.5. The molecule has 0 saturated heterocycles. The molecule has 0 aromatic heterocycles. The van der Waals surface area contributed by atoms with E-state index in [-0.39, 0.29) is 18.3 Å². The number of nitrogens with zero attached hydrogens (tertiary/aromatic N) is 2. The molecule has 0 radical (unpaired) electrons. The topological polar surface area (TPSA) is 44.7 Å². The van der Waals surface area contributed by atoms with Crippen LogP contribution in [0.15, 0.2) is 71.7 Å². The minimum absolute atomic E-state index is 0. The van der Waals surface area contributed by atoms with Crippen LogP contribution in [0, 0.1) is 0 Å². The quantitative estimate of drug-likeness (QED) is 0.709. The molecule has 28 heavy (non-hydrogen) atoms. The summed E-state index contributed by atoms with van der Waals surface area (Å²) in [6.07, 6.45) is 1.02. The number of carbonyl (C=O) groups excluding carboxylic acids is 1.